The van der Waals surface area contributed by atoms with Crippen molar-refractivity contribution in [2.24, 2.45) is 0 Å². The average Bonchev–Trinajstić information content (AvgIpc) is 2.88. The van der Waals surface area contributed by atoms with Crippen LogP contribution < -0.4 is 0 Å². The van der Waals surface area contributed by atoms with Crippen LogP contribution >= 0.6 is 0 Å². The van der Waals surface area contributed by atoms with E-state index in [0.29, 0.717) is 13.0 Å². The molecular formula is C19H27NO. The highest BCUT2D eigenvalue weighted by Gasteiger charge is 2.38. The maximum atomic E-state index is 8.95. The maximum Gasteiger partial charge on any atom is 0.0949 e. The topological polar surface area (TPSA) is 33.0 Å². The Hall–Kier alpha value is -1.33. The molecule has 1 aliphatic rings. The van der Waals surface area contributed by atoms with E-state index in [1.165, 1.54) is 49.7 Å². The second-order valence-corrected chi connectivity index (χ2v) is 6.12. The van der Waals surface area contributed by atoms with E-state index in [2.05, 4.69) is 37.3 Å². The molecule has 0 saturated heterocycles. The molecule has 0 fully saturated rings. The lowest BCUT2D eigenvalue weighted by Crippen LogP contribution is -2.25. The zero-order valence-electron chi connectivity index (χ0n) is 13.2. The Morgan fingerprint density at radius 2 is 1.86 bits per heavy atom. The number of benzene rings is 1. The zero-order chi connectivity index (χ0) is 15.0. The van der Waals surface area contributed by atoms with Crippen molar-refractivity contribution in [3.63, 3.8) is 0 Å². The predicted octanol–water partition coefficient (Wildman–Crippen LogP) is 5.47. The Labute approximate surface area is 129 Å². The Morgan fingerprint density at radius 1 is 1.10 bits per heavy atom. The summed E-state index contributed by atoms with van der Waals surface area (Å²) in [6.45, 7) is 2.96. The first-order valence-electron chi connectivity index (χ1n) is 8.42. The van der Waals surface area contributed by atoms with E-state index in [4.69, 9.17) is 10.00 Å². The Morgan fingerprint density at radius 3 is 2.67 bits per heavy atom. The molecule has 1 unspecified atom stereocenters. The van der Waals surface area contributed by atoms with Crippen molar-refractivity contribution in [3.05, 3.63) is 35.4 Å². The molecule has 0 aromatic heterocycles. The van der Waals surface area contributed by atoms with Gasteiger partial charge in [-0.2, -0.15) is 5.26 Å². The molecule has 114 valence electrons. The number of ether oxygens (including phenoxy) is 1. The van der Waals surface area contributed by atoms with Gasteiger partial charge in [-0.05, 0) is 24.0 Å². The van der Waals surface area contributed by atoms with Gasteiger partial charge in [0.15, 0.2) is 0 Å². The lowest BCUT2D eigenvalue weighted by Gasteiger charge is -2.29. The number of rotatable bonds is 9. The van der Waals surface area contributed by atoms with Crippen LogP contribution in [0.15, 0.2) is 24.3 Å². The second kappa shape index (κ2) is 8.20. The molecule has 2 heteroatoms. The van der Waals surface area contributed by atoms with E-state index in [9.17, 15) is 0 Å². The first-order valence-corrected chi connectivity index (χ1v) is 8.42. The van der Waals surface area contributed by atoms with Crippen LogP contribution in [-0.4, -0.2) is 0 Å². The summed E-state index contributed by atoms with van der Waals surface area (Å²) >= 11 is 0. The van der Waals surface area contributed by atoms with Gasteiger partial charge in [0, 0.05) is 6.42 Å². The molecule has 0 amide bonds. The van der Waals surface area contributed by atoms with Crippen molar-refractivity contribution in [1.82, 2.24) is 0 Å². The Balaban J connectivity index is 1.94. The highest BCUT2D eigenvalue weighted by atomic mass is 16.5. The summed E-state index contributed by atoms with van der Waals surface area (Å²) in [5.41, 5.74) is 2.44. The number of unbranched alkanes of at least 4 members (excludes halogenated alkanes) is 5. The van der Waals surface area contributed by atoms with Gasteiger partial charge in [-0.15, -0.1) is 0 Å². The summed E-state index contributed by atoms with van der Waals surface area (Å²) in [5.74, 6) is 0. The smallest absolute Gasteiger partial charge is 0.0949 e. The molecule has 1 aromatic rings. The molecule has 1 atom stereocenters. The van der Waals surface area contributed by atoms with Crippen LogP contribution in [0.4, 0.5) is 0 Å². The van der Waals surface area contributed by atoms with E-state index < -0.39 is 0 Å². The zero-order valence-corrected chi connectivity index (χ0v) is 13.2. The fourth-order valence-corrected chi connectivity index (χ4v) is 3.37. The van der Waals surface area contributed by atoms with Gasteiger partial charge < -0.3 is 4.74 Å². The summed E-state index contributed by atoms with van der Waals surface area (Å²) in [6.07, 6.45) is 10.2. The summed E-state index contributed by atoms with van der Waals surface area (Å²) in [7, 11) is 0. The van der Waals surface area contributed by atoms with Crippen molar-refractivity contribution in [3.8, 4) is 6.07 Å². The number of fused-ring (bicyclic) bond motifs is 1. The molecule has 0 radical (unpaired) electrons. The maximum absolute atomic E-state index is 8.95. The SMILES string of the molecule is CCCCCCCCC1(CCC#N)OCc2ccccc21. The third-order valence-corrected chi connectivity index (χ3v) is 4.59. The highest BCUT2D eigenvalue weighted by molar-refractivity contribution is 5.35. The molecule has 0 saturated carbocycles. The molecule has 2 rings (SSSR count). The van der Waals surface area contributed by atoms with Crippen LogP contribution in [0.2, 0.25) is 0 Å². The standard InChI is InChI=1S/C19H27NO/c1-2-3-4-5-6-9-13-19(14-10-15-20)18-12-8-7-11-17(18)16-21-19/h7-8,11-12H,2-6,9-10,13-14,16H2,1H3. The Kier molecular flexibility index (Phi) is 6.26. The number of hydrogen-bond acceptors (Lipinski definition) is 2. The van der Waals surface area contributed by atoms with Crippen molar-refractivity contribution in [2.75, 3.05) is 0 Å². The first kappa shape index (κ1) is 16.0. The predicted molar refractivity (Wildman–Crippen MR) is 85.7 cm³/mol. The minimum absolute atomic E-state index is 0.197. The van der Waals surface area contributed by atoms with Gasteiger partial charge >= 0.3 is 0 Å². The number of nitriles is 1. The van der Waals surface area contributed by atoms with Crippen LogP contribution in [0.5, 0.6) is 0 Å². The van der Waals surface area contributed by atoms with Crippen molar-refractivity contribution in [2.45, 2.75) is 76.9 Å². The molecule has 0 N–H and O–H groups in total. The minimum atomic E-state index is -0.197. The van der Waals surface area contributed by atoms with E-state index in [-0.39, 0.29) is 5.60 Å². The van der Waals surface area contributed by atoms with Gasteiger partial charge in [-0.3, -0.25) is 0 Å². The molecule has 21 heavy (non-hydrogen) atoms. The minimum Gasteiger partial charge on any atom is -0.366 e. The number of nitrogens with zero attached hydrogens (tertiary/aromatic N) is 1. The summed E-state index contributed by atoms with van der Waals surface area (Å²) in [4.78, 5) is 0. The molecule has 1 aliphatic heterocycles. The summed E-state index contributed by atoms with van der Waals surface area (Å²) < 4.78 is 6.19. The average molecular weight is 285 g/mol. The summed E-state index contributed by atoms with van der Waals surface area (Å²) in [6, 6.07) is 10.8. The van der Waals surface area contributed by atoms with Crippen molar-refractivity contribution >= 4 is 0 Å². The monoisotopic (exact) mass is 285 g/mol. The van der Waals surface area contributed by atoms with E-state index in [1.54, 1.807) is 0 Å². The fourth-order valence-electron chi connectivity index (χ4n) is 3.37. The van der Waals surface area contributed by atoms with Crippen LogP contribution in [0.3, 0.4) is 0 Å². The molecule has 2 nitrogen and oxygen atoms in total. The third-order valence-electron chi connectivity index (χ3n) is 4.59. The van der Waals surface area contributed by atoms with E-state index in [1.807, 2.05) is 0 Å². The number of hydrogen-bond donors (Lipinski definition) is 0. The van der Waals surface area contributed by atoms with Gasteiger partial charge in [-0.25, -0.2) is 0 Å². The van der Waals surface area contributed by atoms with Crippen molar-refractivity contribution < 1.29 is 4.74 Å². The normalized spacial score (nSPS) is 20.2. The quantitative estimate of drug-likeness (QED) is 0.564. The third kappa shape index (κ3) is 4.08. The van der Waals surface area contributed by atoms with Crippen LogP contribution in [0.25, 0.3) is 0 Å². The van der Waals surface area contributed by atoms with Gasteiger partial charge in [0.25, 0.3) is 0 Å². The van der Waals surface area contributed by atoms with Crippen LogP contribution in [0.1, 0.15) is 75.8 Å². The Bertz CT molecular complexity index is 477. The van der Waals surface area contributed by atoms with Gasteiger partial charge in [0.05, 0.1) is 18.3 Å². The van der Waals surface area contributed by atoms with Gasteiger partial charge in [0.1, 0.15) is 0 Å². The van der Waals surface area contributed by atoms with Crippen LogP contribution in [-0.2, 0) is 16.9 Å². The van der Waals surface area contributed by atoms with E-state index in [0.717, 1.165) is 12.8 Å². The van der Waals surface area contributed by atoms with Gasteiger partial charge in [0.2, 0.25) is 0 Å². The molecule has 0 spiro atoms. The van der Waals surface area contributed by atoms with Crippen molar-refractivity contribution in [1.29, 1.82) is 5.26 Å². The molecular weight excluding hydrogens is 258 g/mol. The molecule has 0 bridgehead atoms. The molecule has 1 heterocycles. The molecule has 0 aliphatic carbocycles. The van der Waals surface area contributed by atoms with Crippen LogP contribution in [0, 0.1) is 11.3 Å². The van der Waals surface area contributed by atoms with E-state index >= 15 is 0 Å². The largest absolute Gasteiger partial charge is 0.366 e. The van der Waals surface area contributed by atoms with Gasteiger partial charge in [-0.1, -0.05) is 69.7 Å². The molecule has 1 aromatic carbocycles. The second-order valence-electron chi connectivity index (χ2n) is 6.12. The first-order chi connectivity index (χ1) is 10.3. The fraction of sp³-hybridized carbons (Fsp3) is 0.632. The lowest BCUT2D eigenvalue weighted by atomic mass is 9.84. The summed E-state index contributed by atoms with van der Waals surface area (Å²) in [5, 5.41) is 8.95. The highest BCUT2D eigenvalue weighted by Crippen LogP contribution is 2.43. The lowest BCUT2D eigenvalue weighted by molar-refractivity contribution is -0.0515.